The maximum absolute atomic E-state index is 12.3. The van der Waals surface area contributed by atoms with Crippen molar-refractivity contribution >= 4 is 40.0 Å². The van der Waals surface area contributed by atoms with Gasteiger partial charge in [0.1, 0.15) is 0 Å². The molecule has 0 heterocycles. The molecule has 9 heteroatoms. The van der Waals surface area contributed by atoms with Crippen LogP contribution >= 0.6 is 24.0 Å². The number of aryl methyl sites for hydroxylation is 1. The van der Waals surface area contributed by atoms with Crippen molar-refractivity contribution in [3.05, 3.63) is 29.8 Å². The summed E-state index contributed by atoms with van der Waals surface area (Å²) in [7, 11) is -3.50. The van der Waals surface area contributed by atoms with Crippen LogP contribution in [0.3, 0.4) is 0 Å². The number of aliphatic imine (C=N–C) groups is 1. The standard InChI is InChI=1S/C20H37N5O2S.HI/c1-7-21-20(23-14-15-25(16(2)3)17(4)5)22-12-13-24-28(26,27)19-10-8-18(6)9-11-19;/h8-11,16-17,24H,7,12-15H2,1-6H3,(H2,21,22,23);1H. The maximum Gasteiger partial charge on any atom is 0.240 e. The second kappa shape index (κ2) is 14.2. The summed E-state index contributed by atoms with van der Waals surface area (Å²) < 4.78 is 27.2. The first-order chi connectivity index (χ1) is 13.2. The molecule has 3 N–H and O–H groups in total. The van der Waals surface area contributed by atoms with Crippen LogP contribution in [0.2, 0.25) is 0 Å². The molecule has 0 atom stereocenters. The first-order valence-electron chi connectivity index (χ1n) is 10.0. The minimum absolute atomic E-state index is 0. The third-order valence-corrected chi connectivity index (χ3v) is 5.82. The van der Waals surface area contributed by atoms with Crippen LogP contribution in [0.25, 0.3) is 0 Å². The highest BCUT2D eigenvalue weighted by atomic mass is 127. The summed E-state index contributed by atoms with van der Waals surface area (Å²) in [5.41, 5.74) is 1.03. The summed E-state index contributed by atoms with van der Waals surface area (Å²) in [6.07, 6.45) is 0. The topological polar surface area (TPSA) is 85.8 Å². The second-order valence-electron chi connectivity index (χ2n) is 7.32. The number of nitrogens with zero attached hydrogens (tertiary/aromatic N) is 2. The highest BCUT2D eigenvalue weighted by Gasteiger charge is 2.13. The van der Waals surface area contributed by atoms with E-state index in [2.05, 4.69) is 52.9 Å². The molecule has 1 aromatic carbocycles. The Hall–Kier alpha value is -0.910. The molecular formula is C20H38IN5O2S. The van der Waals surface area contributed by atoms with Crippen LogP contribution in [0.1, 0.15) is 40.2 Å². The predicted octanol–water partition coefficient (Wildman–Crippen LogP) is 2.57. The number of sulfonamides is 1. The number of halogens is 1. The van der Waals surface area contributed by atoms with E-state index in [1.54, 1.807) is 24.3 Å². The number of hydrogen-bond donors (Lipinski definition) is 3. The minimum Gasteiger partial charge on any atom is -0.357 e. The molecule has 0 spiro atoms. The van der Waals surface area contributed by atoms with Crippen LogP contribution in [-0.2, 0) is 10.0 Å². The van der Waals surface area contributed by atoms with Gasteiger partial charge in [0.25, 0.3) is 0 Å². The summed E-state index contributed by atoms with van der Waals surface area (Å²) in [5.74, 6) is 0.699. The summed E-state index contributed by atoms with van der Waals surface area (Å²) in [6, 6.07) is 7.77. The predicted molar refractivity (Wildman–Crippen MR) is 133 cm³/mol. The smallest absolute Gasteiger partial charge is 0.240 e. The average Bonchev–Trinajstić information content (AvgIpc) is 2.61. The summed E-state index contributed by atoms with van der Waals surface area (Å²) in [5, 5.41) is 6.51. The van der Waals surface area contributed by atoms with Crippen LogP contribution in [-0.4, -0.2) is 64.1 Å². The number of hydrogen-bond acceptors (Lipinski definition) is 4. The first-order valence-corrected chi connectivity index (χ1v) is 11.5. The molecule has 0 aliphatic rings. The van der Waals surface area contributed by atoms with Gasteiger partial charge in [0.15, 0.2) is 5.96 Å². The van der Waals surface area contributed by atoms with E-state index in [1.807, 2.05) is 13.8 Å². The van der Waals surface area contributed by atoms with Crippen molar-refractivity contribution in [2.75, 3.05) is 32.7 Å². The van der Waals surface area contributed by atoms with E-state index in [1.165, 1.54) is 0 Å². The van der Waals surface area contributed by atoms with Gasteiger partial charge in [-0.05, 0) is 53.7 Å². The van der Waals surface area contributed by atoms with Gasteiger partial charge in [-0.2, -0.15) is 0 Å². The highest BCUT2D eigenvalue weighted by molar-refractivity contribution is 14.0. The van der Waals surface area contributed by atoms with Gasteiger partial charge in [-0.25, -0.2) is 13.1 Å². The molecule has 0 radical (unpaired) electrons. The van der Waals surface area contributed by atoms with Crippen molar-refractivity contribution in [2.45, 2.75) is 58.5 Å². The van der Waals surface area contributed by atoms with E-state index in [0.29, 0.717) is 24.6 Å². The Kier molecular flexibility index (Phi) is 13.7. The Morgan fingerprint density at radius 2 is 1.62 bits per heavy atom. The van der Waals surface area contributed by atoms with E-state index in [9.17, 15) is 8.42 Å². The lowest BCUT2D eigenvalue weighted by atomic mass is 10.2. The highest BCUT2D eigenvalue weighted by Crippen LogP contribution is 2.09. The van der Waals surface area contributed by atoms with Crippen LogP contribution in [0, 0.1) is 6.92 Å². The number of benzene rings is 1. The SMILES string of the molecule is CCNC(=NCCNS(=O)(=O)c1ccc(C)cc1)NCCN(C(C)C)C(C)C.I. The zero-order valence-corrected chi connectivity index (χ0v) is 21.7. The normalized spacial score (nSPS) is 12.4. The molecule has 1 aromatic rings. The lowest BCUT2D eigenvalue weighted by Crippen LogP contribution is -2.45. The molecule has 0 fully saturated rings. The van der Waals surface area contributed by atoms with Crippen LogP contribution < -0.4 is 15.4 Å². The van der Waals surface area contributed by atoms with Crippen molar-refractivity contribution in [1.82, 2.24) is 20.3 Å². The summed E-state index contributed by atoms with van der Waals surface area (Å²) >= 11 is 0. The third kappa shape index (κ3) is 10.6. The van der Waals surface area contributed by atoms with E-state index in [0.717, 1.165) is 25.2 Å². The van der Waals surface area contributed by atoms with Gasteiger partial charge in [0.05, 0.1) is 11.4 Å². The van der Waals surface area contributed by atoms with Gasteiger partial charge in [0, 0.05) is 38.3 Å². The van der Waals surface area contributed by atoms with Crippen LogP contribution in [0.5, 0.6) is 0 Å². The molecule has 1 rings (SSSR count). The number of nitrogens with one attached hydrogen (secondary N) is 3. The van der Waals surface area contributed by atoms with Crippen molar-refractivity contribution in [3.8, 4) is 0 Å². The largest absolute Gasteiger partial charge is 0.357 e. The third-order valence-electron chi connectivity index (χ3n) is 4.34. The molecule has 7 nitrogen and oxygen atoms in total. The van der Waals surface area contributed by atoms with Gasteiger partial charge in [0.2, 0.25) is 10.0 Å². The molecule has 0 aliphatic carbocycles. The van der Waals surface area contributed by atoms with E-state index in [-0.39, 0.29) is 35.4 Å². The van der Waals surface area contributed by atoms with Gasteiger partial charge < -0.3 is 10.6 Å². The van der Waals surface area contributed by atoms with Crippen molar-refractivity contribution in [2.24, 2.45) is 4.99 Å². The van der Waals surface area contributed by atoms with Gasteiger partial charge in [-0.3, -0.25) is 9.89 Å². The van der Waals surface area contributed by atoms with Crippen LogP contribution in [0.4, 0.5) is 0 Å². The van der Waals surface area contributed by atoms with Gasteiger partial charge in [-0.1, -0.05) is 17.7 Å². The summed E-state index contributed by atoms with van der Waals surface area (Å²) in [4.78, 5) is 7.14. The van der Waals surface area contributed by atoms with E-state index < -0.39 is 10.0 Å². The molecule has 29 heavy (non-hydrogen) atoms. The fraction of sp³-hybridized carbons (Fsp3) is 0.650. The molecule has 0 aromatic heterocycles. The van der Waals surface area contributed by atoms with E-state index in [4.69, 9.17) is 0 Å². The molecule has 0 aliphatic heterocycles. The zero-order chi connectivity index (χ0) is 21.2. The maximum atomic E-state index is 12.3. The molecule has 0 amide bonds. The Bertz CT molecular complexity index is 698. The quantitative estimate of drug-likeness (QED) is 0.174. The fourth-order valence-electron chi connectivity index (χ4n) is 2.91. The van der Waals surface area contributed by atoms with Crippen LogP contribution in [0.15, 0.2) is 34.2 Å². The average molecular weight is 540 g/mol. The summed E-state index contributed by atoms with van der Waals surface area (Å²) in [6.45, 7) is 15.8. The molecule has 168 valence electrons. The monoisotopic (exact) mass is 539 g/mol. The molecular weight excluding hydrogens is 501 g/mol. The van der Waals surface area contributed by atoms with E-state index >= 15 is 0 Å². The van der Waals surface area contributed by atoms with Gasteiger partial charge >= 0.3 is 0 Å². The second-order valence-corrected chi connectivity index (χ2v) is 9.09. The molecule has 0 bridgehead atoms. The lowest BCUT2D eigenvalue weighted by molar-refractivity contribution is 0.178. The van der Waals surface area contributed by atoms with Crippen molar-refractivity contribution in [3.63, 3.8) is 0 Å². The Labute approximate surface area is 194 Å². The Balaban J connectivity index is 0.00000784. The Morgan fingerprint density at radius 3 is 2.14 bits per heavy atom. The number of rotatable bonds is 11. The van der Waals surface area contributed by atoms with Crippen molar-refractivity contribution in [1.29, 1.82) is 0 Å². The lowest BCUT2D eigenvalue weighted by Gasteiger charge is -2.30. The first kappa shape index (κ1) is 28.1. The minimum atomic E-state index is -3.50. The number of guanidine groups is 1. The fourth-order valence-corrected chi connectivity index (χ4v) is 3.93. The Morgan fingerprint density at radius 1 is 1.03 bits per heavy atom. The van der Waals surface area contributed by atoms with Gasteiger partial charge in [-0.15, -0.1) is 24.0 Å². The zero-order valence-electron chi connectivity index (χ0n) is 18.5. The molecule has 0 saturated heterocycles. The molecule has 0 unspecified atom stereocenters. The molecule has 0 saturated carbocycles. The van der Waals surface area contributed by atoms with Crippen molar-refractivity contribution < 1.29 is 8.42 Å².